The molecule has 3 fully saturated rings. The van der Waals surface area contributed by atoms with E-state index in [0.29, 0.717) is 11.5 Å². The van der Waals surface area contributed by atoms with Crippen molar-refractivity contribution in [2.45, 2.75) is 59.5 Å². The van der Waals surface area contributed by atoms with E-state index in [1.54, 1.807) is 0 Å². The zero-order chi connectivity index (χ0) is 13.6. The molecule has 1 heterocycles. The predicted molar refractivity (Wildman–Crippen MR) is 77.8 cm³/mol. The van der Waals surface area contributed by atoms with Crippen LogP contribution in [0, 0.1) is 23.2 Å². The van der Waals surface area contributed by atoms with Gasteiger partial charge in [0.05, 0.1) is 17.7 Å². The minimum Gasteiger partial charge on any atom is -0.347 e. The maximum Gasteiger partial charge on any atom is 0.0925 e. The van der Waals surface area contributed by atoms with Gasteiger partial charge in [-0.1, -0.05) is 27.7 Å². The van der Waals surface area contributed by atoms with Crippen molar-refractivity contribution in [3.8, 4) is 0 Å². The minimum absolute atomic E-state index is 0.583. The fourth-order valence-corrected chi connectivity index (χ4v) is 4.46. The number of aromatic nitrogens is 2. The van der Waals surface area contributed by atoms with Crippen LogP contribution in [0.4, 0.5) is 0 Å². The standard InChI is InChI=1S/C16H27N3/c1-5-13-15(19-9-18-13)8-17-14-7-11-6-12(10(14)2)16(11,3)4/h9-12,14,17H,5-8H2,1-4H3,(H,18,19)/t10-,11+,12-,14-/m1/s1. The Morgan fingerprint density at radius 1 is 1.42 bits per heavy atom. The number of fused-ring (bicyclic) bond motifs is 2. The lowest BCUT2D eigenvalue weighted by Crippen LogP contribution is -2.59. The van der Waals surface area contributed by atoms with Gasteiger partial charge in [-0.2, -0.15) is 0 Å². The molecule has 4 atom stereocenters. The maximum absolute atomic E-state index is 4.37. The van der Waals surface area contributed by atoms with Gasteiger partial charge in [-0.25, -0.2) is 4.98 Å². The number of nitrogens with zero attached hydrogens (tertiary/aromatic N) is 1. The normalized spacial score (nSPS) is 36.0. The van der Waals surface area contributed by atoms with Crippen molar-refractivity contribution >= 4 is 0 Å². The second kappa shape index (κ2) is 4.62. The van der Waals surface area contributed by atoms with E-state index in [9.17, 15) is 0 Å². The molecule has 4 rings (SSSR count). The Hall–Kier alpha value is -0.830. The molecule has 3 aliphatic rings. The molecule has 0 spiro atoms. The number of nitrogens with one attached hydrogen (secondary N) is 2. The SMILES string of the molecule is CCc1nc[nH]c1CN[C@@H]1C[C@@H]2C[C@H]([C@H]1C)C2(C)C. The number of hydrogen-bond acceptors (Lipinski definition) is 2. The first-order chi connectivity index (χ1) is 9.04. The van der Waals surface area contributed by atoms with Crippen molar-refractivity contribution < 1.29 is 0 Å². The van der Waals surface area contributed by atoms with E-state index in [0.717, 1.165) is 30.7 Å². The lowest BCUT2D eigenvalue weighted by atomic mass is 9.45. The summed E-state index contributed by atoms with van der Waals surface area (Å²) in [6, 6.07) is 0.685. The molecule has 3 heteroatoms. The molecule has 2 bridgehead atoms. The van der Waals surface area contributed by atoms with E-state index >= 15 is 0 Å². The average molecular weight is 261 g/mol. The maximum atomic E-state index is 4.37. The molecule has 0 aromatic carbocycles. The highest BCUT2D eigenvalue weighted by molar-refractivity contribution is 5.12. The van der Waals surface area contributed by atoms with E-state index in [-0.39, 0.29) is 0 Å². The lowest BCUT2D eigenvalue weighted by molar-refractivity contribution is -0.115. The van der Waals surface area contributed by atoms with Crippen LogP contribution in [0.15, 0.2) is 6.33 Å². The van der Waals surface area contributed by atoms with Crippen LogP contribution in [0.25, 0.3) is 0 Å². The lowest BCUT2D eigenvalue weighted by Gasteiger charge is -2.62. The van der Waals surface area contributed by atoms with Crippen LogP contribution in [-0.4, -0.2) is 16.0 Å². The summed E-state index contributed by atoms with van der Waals surface area (Å²) in [6.45, 7) is 10.5. The number of rotatable bonds is 4. The molecule has 0 radical (unpaired) electrons. The third-order valence-electron chi connectivity index (χ3n) is 6.04. The smallest absolute Gasteiger partial charge is 0.0925 e. The summed E-state index contributed by atoms with van der Waals surface area (Å²) in [5, 5.41) is 3.78. The van der Waals surface area contributed by atoms with Crippen molar-refractivity contribution in [2.24, 2.45) is 23.2 Å². The van der Waals surface area contributed by atoms with Gasteiger partial charge in [-0.3, -0.25) is 0 Å². The van der Waals surface area contributed by atoms with Gasteiger partial charge in [-0.15, -0.1) is 0 Å². The quantitative estimate of drug-likeness (QED) is 0.874. The molecule has 0 amide bonds. The molecule has 3 nitrogen and oxygen atoms in total. The van der Waals surface area contributed by atoms with Crippen LogP contribution in [-0.2, 0) is 13.0 Å². The van der Waals surface area contributed by atoms with E-state index in [1.807, 2.05) is 6.33 Å². The van der Waals surface area contributed by atoms with Gasteiger partial charge in [-0.05, 0) is 42.4 Å². The molecule has 2 N–H and O–H groups in total. The fraction of sp³-hybridized carbons (Fsp3) is 0.812. The second-order valence-electron chi connectivity index (χ2n) is 7.12. The molecule has 0 aliphatic heterocycles. The van der Waals surface area contributed by atoms with Crippen LogP contribution >= 0.6 is 0 Å². The molecular weight excluding hydrogens is 234 g/mol. The third kappa shape index (κ3) is 2.03. The summed E-state index contributed by atoms with van der Waals surface area (Å²) in [7, 11) is 0. The van der Waals surface area contributed by atoms with Gasteiger partial charge in [0, 0.05) is 12.6 Å². The summed E-state index contributed by atoms with van der Waals surface area (Å²) in [4.78, 5) is 7.64. The molecule has 0 saturated heterocycles. The van der Waals surface area contributed by atoms with Crippen LogP contribution in [0.1, 0.15) is 51.9 Å². The average Bonchev–Trinajstić information content (AvgIpc) is 2.84. The summed E-state index contributed by atoms with van der Waals surface area (Å²) in [5.74, 6) is 2.64. The molecule has 3 aliphatic carbocycles. The Labute approximate surface area is 116 Å². The third-order valence-corrected chi connectivity index (χ3v) is 6.04. The number of aromatic amines is 1. The van der Waals surface area contributed by atoms with E-state index in [4.69, 9.17) is 0 Å². The zero-order valence-corrected chi connectivity index (χ0v) is 12.7. The molecule has 0 unspecified atom stereocenters. The summed E-state index contributed by atoms with van der Waals surface area (Å²) < 4.78 is 0. The van der Waals surface area contributed by atoms with Crippen LogP contribution < -0.4 is 5.32 Å². The Bertz CT molecular complexity index is 449. The molecular formula is C16H27N3. The van der Waals surface area contributed by atoms with Gasteiger partial charge in [0.15, 0.2) is 0 Å². The van der Waals surface area contributed by atoms with Gasteiger partial charge in [0.25, 0.3) is 0 Å². The molecule has 3 saturated carbocycles. The molecule has 19 heavy (non-hydrogen) atoms. The highest BCUT2D eigenvalue weighted by atomic mass is 15.0. The summed E-state index contributed by atoms with van der Waals surface area (Å²) >= 11 is 0. The van der Waals surface area contributed by atoms with Crippen molar-refractivity contribution in [2.75, 3.05) is 0 Å². The topological polar surface area (TPSA) is 40.7 Å². The van der Waals surface area contributed by atoms with Gasteiger partial charge < -0.3 is 10.3 Å². The van der Waals surface area contributed by atoms with Crippen molar-refractivity contribution in [1.29, 1.82) is 0 Å². The zero-order valence-electron chi connectivity index (χ0n) is 12.7. The van der Waals surface area contributed by atoms with Crippen LogP contribution in [0.2, 0.25) is 0 Å². The fourth-order valence-electron chi connectivity index (χ4n) is 4.46. The van der Waals surface area contributed by atoms with E-state index < -0.39 is 0 Å². The predicted octanol–water partition coefficient (Wildman–Crippen LogP) is 3.13. The Kier molecular flexibility index (Phi) is 3.20. The monoisotopic (exact) mass is 261 g/mol. The van der Waals surface area contributed by atoms with Crippen LogP contribution in [0.5, 0.6) is 0 Å². The molecule has 1 aromatic rings. The number of hydrogen-bond donors (Lipinski definition) is 2. The molecule has 1 aromatic heterocycles. The van der Waals surface area contributed by atoms with Gasteiger partial charge in [0.1, 0.15) is 0 Å². The first-order valence-electron chi connectivity index (χ1n) is 7.78. The largest absolute Gasteiger partial charge is 0.347 e. The second-order valence-corrected chi connectivity index (χ2v) is 7.12. The van der Waals surface area contributed by atoms with Gasteiger partial charge >= 0.3 is 0 Å². The summed E-state index contributed by atoms with van der Waals surface area (Å²) in [5.41, 5.74) is 3.06. The number of H-pyrrole nitrogens is 1. The van der Waals surface area contributed by atoms with E-state index in [2.05, 4.69) is 43.0 Å². The minimum atomic E-state index is 0.583. The first kappa shape index (κ1) is 13.2. The summed E-state index contributed by atoms with van der Waals surface area (Å²) in [6.07, 6.45) is 5.64. The van der Waals surface area contributed by atoms with Crippen molar-refractivity contribution in [1.82, 2.24) is 15.3 Å². The Balaban J connectivity index is 1.60. The van der Waals surface area contributed by atoms with E-state index in [1.165, 1.54) is 24.2 Å². The Morgan fingerprint density at radius 2 is 2.21 bits per heavy atom. The molecule has 106 valence electrons. The number of aryl methyl sites for hydroxylation is 1. The van der Waals surface area contributed by atoms with Crippen molar-refractivity contribution in [3.63, 3.8) is 0 Å². The van der Waals surface area contributed by atoms with Crippen molar-refractivity contribution in [3.05, 3.63) is 17.7 Å². The highest BCUT2D eigenvalue weighted by Gasteiger charge is 2.55. The Morgan fingerprint density at radius 3 is 2.84 bits per heavy atom. The first-order valence-corrected chi connectivity index (χ1v) is 7.78. The van der Waals surface area contributed by atoms with Gasteiger partial charge in [0.2, 0.25) is 0 Å². The number of imidazole rings is 1. The van der Waals surface area contributed by atoms with Crippen LogP contribution in [0.3, 0.4) is 0 Å². The highest BCUT2D eigenvalue weighted by Crippen LogP contribution is 2.61.